The fourth-order valence-electron chi connectivity index (χ4n) is 5.70. The van der Waals surface area contributed by atoms with Gasteiger partial charge in [-0.2, -0.15) is 9.97 Å². The minimum atomic E-state index is -0.839. The van der Waals surface area contributed by atoms with Crippen LogP contribution in [0.2, 0.25) is 0 Å². The van der Waals surface area contributed by atoms with Gasteiger partial charge in [-0.15, -0.1) is 0 Å². The van der Waals surface area contributed by atoms with E-state index in [-0.39, 0.29) is 32.7 Å². The van der Waals surface area contributed by atoms with Gasteiger partial charge >= 0.3 is 6.01 Å². The third kappa shape index (κ3) is 7.45. The molecule has 4 heterocycles. The number of fused-ring (bicyclic) bond motifs is 2. The molecule has 1 unspecified atom stereocenters. The number of allylic oxidation sites excluding steroid dienone is 1. The number of nitrogens with zero attached hydrogens (tertiary/aromatic N) is 5. The zero-order valence-corrected chi connectivity index (χ0v) is 27.4. The van der Waals surface area contributed by atoms with E-state index in [0.717, 1.165) is 50.9 Å². The SMILES string of the molecule is CC.CNP.COc1c(F)c(Br)c(F)c2nc(OCC34CCCN3CCC4)nc(N3CCCN=C(/C=C(/C)N)C3)c12. The fourth-order valence-corrected chi connectivity index (χ4v) is 6.06. The first-order valence-corrected chi connectivity index (χ1v) is 15.5. The Bertz CT molecular complexity index is 1250. The molecule has 2 aromatic rings. The van der Waals surface area contributed by atoms with E-state index in [9.17, 15) is 0 Å². The number of nitrogens with two attached hydrogens (primary N) is 1. The van der Waals surface area contributed by atoms with E-state index in [1.54, 1.807) is 6.92 Å². The molecule has 0 amide bonds. The highest BCUT2D eigenvalue weighted by atomic mass is 79.9. The Morgan fingerprint density at radius 2 is 1.80 bits per heavy atom. The maximum Gasteiger partial charge on any atom is 0.319 e. The van der Waals surface area contributed by atoms with Crippen LogP contribution < -0.4 is 25.2 Å². The molecule has 0 aliphatic carbocycles. The summed E-state index contributed by atoms with van der Waals surface area (Å²) in [4.78, 5) is 18.1. The highest BCUT2D eigenvalue weighted by Crippen LogP contribution is 2.42. The second-order valence-electron chi connectivity index (χ2n) is 10.1. The predicted molar refractivity (Wildman–Crippen MR) is 169 cm³/mol. The summed E-state index contributed by atoms with van der Waals surface area (Å²) >= 11 is 3.02. The van der Waals surface area contributed by atoms with Crippen LogP contribution in [0.4, 0.5) is 14.6 Å². The van der Waals surface area contributed by atoms with Gasteiger partial charge in [0.2, 0.25) is 0 Å². The Balaban J connectivity index is 0.000000868. The number of ether oxygens (including phenoxy) is 2. The summed E-state index contributed by atoms with van der Waals surface area (Å²) in [7, 11) is 5.51. The molecule has 3 aliphatic rings. The summed E-state index contributed by atoms with van der Waals surface area (Å²) in [6, 6.07) is 0.0679. The summed E-state index contributed by atoms with van der Waals surface area (Å²) in [6.45, 7) is 9.93. The number of aliphatic imine (C=N–C) groups is 1. The molecule has 0 bridgehead atoms. The standard InChI is InChI=1S/C25H31BrF2N6O2.C2H6.CH6NP/c1-15(29)12-16-13-33(9-5-8-30-16)23-17-21(19(27)18(26)20(28)22(17)35-2)31-24(32-23)36-14-25-6-3-10-34(25)11-4-7-25;1-2;1-2-3/h12H,3-11,13-14,29H2,1-2H3;1-2H3;2H,3H2,1H3/b15-12-;;. The molecule has 0 saturated carbocycles. The van der Waals surface area contributed by atoms with E-state index in [1.807, 2.05) is 31.9 Å². The van der Waals surface area contributed by atoms with Gasteiger partial charge < -0.3 is 25.2 Å². The molecule has 41 heavy (non-hydrogen) atoms. The molecule has 1 atom stereocenters. The molecule has 0 radical (unpaired) electrons. The first kappa shape index (κ1) is 33.4. The number of methoxy groups -OCH3 is 1. The Kier molecular flexibility index (Phi) is 12.5. The number of aromatic nitrogens is 2. The first-order valence-electron chi connectivity index (χ1n) is 14.1. The number of anilines is 1. The summed E-state index contributed by atoms with van der Waals surface area (Å²) in [5.41, 5.74) is 7.22. The second-order valence-corrected chi connectivity index (χ2v) is 11.4. The van der Waals surface area contributed by atoms with Gasteiger partial charge in [0.25, 0.3) is 0 Å². The predicted octanol–water partition coefficient (Wildman–Crippen LogP) is 5.22. The molecule has 1 aromatic carbocycles. The molecule has 228 valence electrons. The highest BCUT2D eigenvalue weighted by molar-refractivity contribution is 9.10. The molecular formula is C28H43BrF2N7O2P. The lowest BCUT2D eigenvalue weighted by Crippen LogP contribution is -2.43. The average Bonchev–Trinajstić information content (AvgIpc) is 3.46. The minimum Gasteiger partial charge on any atom is -0.493 e. The largest absolute Gasteiger partial charge is 0.493 e. The van der Waals surface area contributed by atoms with Crippen LogP contribution in [0.15, 0.2) is 21.2 Å². The summed E-state index contributed by atoms with van der Waals surface area (Å²) in [6.07, 6.45) is 6.93. The molecule has 1 aromatic heterocycles. The number of hydrogen-bond donors (Lipinski definition) is 2. The molecule has 2 saturated heterocycles. The van der Waals surface area contributed by atoms with Crippen molar-refractivity contribution in [3.8, 4) is 11.8 Å². The van der Waals surface area contributed by atoms with Gasteiger partial charge in [-0.25, -0.2) is 8.78 Å². The van der Waals surface area contributed by atoms with E-state index < -0.39 is 11.6 Å². The van der Waals surface area contributed by atoms with Crippen LogP contribution >= 0.6 is 25.3 Å². The maximum absolute atomic E-state index is 15.4. The highest BCUT2D eigenvalue weighted by Gasteiger charge is 2.45. The number of rotatable bonds is 6. The Morgan fingerprint density at radius 1 is 1.15 bits per heavy atom. The van der Waals surface area contributed by atoms with Gasteiger partial charge in [-0.3, -0.25) is 9.89 Å². The summed E-state index contributed by atoms with van der Waals surface area (Å²) in [5.74, 6) is -1.43. The lowest BCUT2D eigenvalue weighted by molar-refractivity contribution is 0.108. The van der Waals surface area contributed by atoms with Crippen LogP contribution in [0.3, 0.4) is 0 Å². The Hall–Kier alpha value is -2.14. The topological polar surface area (TPSA) is 101 Å². The Labute approximate surface area is 252 Å². The van der Waals surface area contributed by atoms with Crippen molar-refractivity contribution in [3.05, 3.63) is 27.9 Å². The van der Waals surface area contributed by atoms with Crippen molar-refractivity contribution in [1.82, 2.24) is 20.0 Å². The van der Waals surface area contributed by atoms with Gasteiger partial charge in [0.1, 0.15) is 17.9 Å². The Morgan fingerprint density at radius 3 is 2.41 bits per heavy atom. The quantitative estimate of drug-likeness (QED) is 0.322. The number of hydrogen-bond acceptors (Lipinski definition) is 9. The van der Waals surface area contributed by atoms with Crippen molar-refractivity contribution in [2.24, 2.45) is 10.7 Å². The lowest BCUT2D eigenvalue weighted by atomic mass is 9.95. The minimum absolute atomic E-state index is 0.0238. The third-order valence-corrected chi connectivity index (χ3v) is 8.02. The van der Waals surface area contributed by atoms with Crippen molar-refractivity contribution in [3.63, 3.8) is 0 Å². The van der Waals surface area contributed by atoms with Crippen LogP contribution in [-0.4, -0.2) is 79.6 Å². The van der Waals surface area contributed by atoms with Crippen LogP contribution in [0, 0.1) is 11.6 Å². The van der Waals surface area contributed by atoms with Crippen LogP contribution in [0.5, 0.6) is 11.8 Å². The zero-order valence-electron chi connectivity index (χ0n) is 24.7. The smallest absolute Gasteiger partial charge is 0.319 e. The fraction of sp³-hybridized carbons (Fsp3) is 0.607. The van der Waals surface area contributed by atoms with Crippen molar-refractivity contribution < 1.29 is 18.3 Å². The van der Waals surface area contributed by atoms with Gasteiger partial charge in [0, 0.05) is 18.8 Å². The van der Waals surface area contributed by atoms with Crippen molar-refractivity contribution >= 4 is 47.8 Å². The number of benzene rings is 1. The molecule has 2 fully saturated rings. The molecule has 3 aliphatic heterocycles. The van der Waals surface area contributed by atoms with E-state index in [2.05, 4.69) is 45.3 Å². The van der Waals surface area contributed by atoms with Crippen molar-refractivity contribution in [2.45, 2.75) is 58.4 Å². The van der Waals surface area contributed by atoms with Crippen molar-refractivity contribution in [2.75, 3.05) is 58.4 Å². The van der Waals surface area contributed by atoms with Gasteiger partial charge in [0.15, 0.2) is 17.4 Å². The average molecular weight is 659 g/mol. The van der Waals surface area contributed by atoms with Crippen LogP contribution in [-0.2, 0) is 0 Å². The third-order valence-electron chi connectivity index (χ3n) is 7.32. The van der Waals surface area contributed by atoms with Crippen LogP contribution in [0.1, 0.15) is 52.9 Å². The van der Waals surface area contributed by atoms with E-state index >= 15 is 8.78 Å². The summed E-state index contributed by atoms with van der Waals surface area (Å²) in [5, 5.41) is 2.83. The molecule has 3 N–H and O–H groups in total. The van der Waals surface area contributed by atoms with Gasteiger partial charge in [-0.05, 0) is 81.2 Å². The van der Waals surface area contributed by atoms with E-state index in [0.29, 0.717) is 37.8 Å². The molecule has 0 spiro atoms. The van der Waals surface area contributed by atoms with Crippen molar-refractivity contribution in [1.29, 1.82) is 0 Å². The summed E-state index contributed by atoms with van der Waals surface area (Å²) < 4.78 is 41.8. The number of nitrogens with one attached hydrogen (secondary N) is 1. The van der Waals surface area contributed by atoms with Gasteiger partial charge in [0.05, 0.1) is 34.8 Å². The monoisotopic (exact) mass is 657 g/mol. The van der Waals surface area contributed by atoms with Gasteiger partial charge in [-0.1, -0.05) is 23.2 Å². The first-order chi connectivity index (χ1) is 19.7. The second kappa shape index (κ2) is 15.4. The zero-order chi connectivity index (χ0) is 30.2. The normalized spacial score (nSPS) is 18.5. The lowest BCUT2D eigenvalue weighted by Gasteiger charge is -2.31. The molecular weight excluding hydrogens is 615 g/mol. The van der Waals surface area contributed by atoms with E-state index in [1.165, 1.54) is 7.11 Å². The maximum atomic E-state index is 15.4. The molecule has 13 heteroatoms. The molecule has 5 rings (SSSR count). The number of halogens is 3. The molecule has 9 nitrogen and oxygen atoms in total. The van der Waals surface area contributed by atoms with E-state index in [4.69, 9.17) is 20.2 Å². The van der Waals surface area contributed by atoms with Crippen LogP contribution in [0.25, 0.3) is 10.9 Å².